The van der Waals surface area contributed by atoms with Gasteiger partial charge in [0.2, 0.25) is 0 Å². The molecule has 0 aliphatic carbocycles. The molecule has 0 bridgehead atoms. The van der Waals surface area contributed by atoms with Crippen molar-refractivity contribution in [2.75, 3.05) is 13.7 Å². The first-order valence-corrected chi connectivity index (χ1v) is 7.68. The monoisotopic (exact) mass is 322 g/mol. The summed E-state index contributed by atoms with van der Waals surface area (Å²) >= 11 is 0. The summed E-state index contributed by atoms with van der Waals surface area (Å²) in [6.07, 6.45) is 1.96. The zero-order valence-electron chi connectivity index (χ0n) is 13.4. The molecule has 0 spiro atoms. The maximum atomic E-state index is 12.4. The average molecular weight is 322 g/mol. The standard InChI is InChI=1S/C19H18N2O3/c1-23-16-10-6-5-7-14(16)11-12-20-19(22)17-18(24-13-21-17)15-8-3-2-4-9-15/h2-10,13H,11-12H2,1H3,(H,20,22). The van der Waals surface area contributed by atoms with Crippen molar-refractivity contribution < 1.29 is 13.9 Å². The fraction of sp³-hybridized carbons (Fsp3) is 0.158. The van der Waals surface area contributed by atoms with Crippen LogP contribution >= 0.6 is 0 Å². The van der Waals surface area contributed by atoms with Gasteiger partial charge in [-0.15, -0.1) is 0 Å². The van der Waals surface area contributed by atoms with Gasteiger partial charge in [0, 0.05) is 12.1 Å². The summed E-state index contributed by atoms with van der Waals surface area (Å²) < 4.78 is 10.7. The van der Waals surface area contributed by atoms with E-state index in [1.165, 1.54) is 6.39 Å². The Balaban J connectivity index is 1.65. The number of carbonyl (C=O) groups excluding carboxylic acids is 1. The van der Waals surface area contributed by atoms with Gasteiger partial charge in [0.25, 0.3) is 5.91 Å². The van der Waals surface area contributed by atoms with Gasteiger partial charge in [-0.05, 0) is 18.1 Å². The number of hydrogen-bond acceptors (Lipinski definition) is 4. The summed E-state index contributed by atoms with van der Waals surface area (Å²) in [4.78, 5) is 16.4. The highest BCUT2D eigenvalue weighted by Crippen LogP contribution is 2.22. The molecule has 1 amide bonds. The largest absolute Gasteiger partial charge is 0.496 e. The van der Waals surface area contributed by atoms with Crippen molar-refractivity contribution in [2.45, 2.75) is 6.42 Å². The molecule has 2 aromatic carbocycles. The third-order valence-corrected chi connectivity index (χ3v) is 3.69. The Kier molecular flexibility index (Phi) is 4.91. The molecule has 24 heavy (non-hydrogen) atoms. The molecular formula is C19H18N2O3. The predicted octanol–water partition coefficient (Wildman–Crippen LogP) is 3.32. The van der Waals surface area contributed by atoms with Gasteiger partial charge in [0.15, 0.2) is 17.8 Å². The van der Waals surface area contributed by atoms with E-state index in [1.54, 1.807) is 7.11 Å². The van der Waals surface area contributed by atoms with Gasteiger partial charge >= 0.3 is 0 Å². The summed E-state index contributed by atoms with van der Waals surface area (Å²) in [7, 11) is 1.64. The van der Waals surface area contributed by atoms with E-state index in [1.807, 2.05) is 54.6 Å². The molecule has 1 heterocycles. The maximum Gasteiger partial charge on any atom is 0.273 e. The Labute approximate surface area is 140 Å². The van der Waals surface area contributed by atoms with Gasteiger partial charge in [-0.25, -0.2) is 4.98 Å². The van der Waals surface area contributed by atoms with Crippen LogP contribution in [0, 0.1) is 0 Å². The summed E-state index contributed by atoms with van der Waals surface area (Å²) in [5.74, 6) is 1.04. The second kappa shape index (κ2) is 7.46. The van der Waals surface area contributed by atoms with Crippen LogP contribution < -0.4 is 10.1 Å². The highest BCUT2D eigenvalue weighted by Gasteiger charge is 2.17. The Hall–Kier alpha value is -3.08. The fourth-order valence-electron chi connectivity index (χ4n) is 2.51. The zero-order valence-corrected chi connectivity index (χ0v) is 13.4. The SMILES string of the molecule is COc1ccccc1CCNC(=O)c1ncoc1-c1ccccc1. The molecule has 0 unspecified atom stereocenters. The van der Waals surface area contributed by atoms with Crippen LogP contribution in [0.25, 0.3) is 11.3 Å². The van der Waals surface area contributed by atoms with Crippen LogP contribution in [-0.4, -0.2) is 24.5 Å². The molecule has 0 saturated heterocycles. The van der Waals surface area contributed by atoms with Gasteiger partial charge in [-0.3, -0.25) is 4.79 Å². The van der Waals surface area contributed by atoms with Crippen molar-refractivity contribution in [3.8, 4) is 17.1 Å². The van der Waals surface area contributed by atoms with E-state index >= 15 is 0 Å². The number of ether oxygens (including phenoxy) is 1. The average Bonchev–Trinajstić information content (AvgIpc) is 3.12. The van der Waals surface area contributed by atoms with Crippen molar-refractivity contribution >= 4 is 5.91 Å². The van der Waals surface area contributed by atoms with Crippen molar-refractivity contribution in [2.24, 2.45) is 0 Å². The second-order valence-corrected chi connectivity index (χ2v) is 5.21. The zero-order chi connectivity index (χ0) is 16.8. The lowest BCUT2D eigenvalue weighted by atomic mass is 10.1. The van der Waals surface area contributed by atoms with E-state index in [9.17, 15) is 4.79 Å². The summed E-state index contributed by atoms with van der Waals surface area (Å²) in [6.45, 7) is 0.486. The number of aromatic nitrogens is 1. The van der Waals surface area contributed by atoms with Crippen LogP contribution in [-0.2, 0) is 6.42 Å². The molecule has 1 aromatic heterocycles. The number of amides is 1. The number of benzene rings is 2. The third kappa shape index (κ3) is 3.46. The number of methoxy groups -OCH3 is 1. The van der Waals surface area contributed by atoms with Crippen molar-refractivity contribution in [3.05, 3.63) is 72.2 Å². The molecule has 0 fully saturated rings. The van der Waals surface area contributed by atoms with E-state index in [-0.39, 0.29) is 5.91 Å². The molecule has 1 N–H and O–H groups in total. The van der Waals surface area contributed by atoms with Gasteiger partial charge in [0.05, 0.1) is 7.11 Å². The predicted molar refractivity (Wildman–Crippen MR) is 91.0 cm³/mol. The molecule has 5 nitrogen and oxygen atoms in total. The quantitative estimate of drug-likeness (QED) is 0.756. The van der Waals surface area contributed by atoms with Crippen LogP contribution in [0.4, 0.5) is 0 Å². The Morgan fingerprint density at radius 1 is 1.12 bits per heavy atom. The molecule has 0 radical (unpaired) electrons. The van der Waals surface area contributed by atoms with E-state index in [2.05, 4.69) is 10.3 Å². The lowest BCUT2D eigenvalue weighted by Crippen LogP contribution is -2.26. The van der Waals surface area contributed by atoms with Crippen LogP contribution in [0.15, 0.2) is 65.4 Å². The Bertz CT molecular complexity index is 812. The minimum Gasteiger partial charge on any atom is -0.496 e. The highest BCUT2D eigenvalue weighted by atomic mass is 16.5. The molecule has 0 aliphatic heterocycles. The summed E-state index contributed by atoms with van der Waals surface area (Å²) in [5, 5.41) is 2.88. The lowest BCUT2D eigenvalue weighted by Gasteiger charge is -2.08. The number of oxazole rings is 1. The molecular weight excluding hydrogens is 304 g/mol. The normalized spacial score (nSPS) is 10.4. The summed E-state index contributed by atoms with van der Waals surface area (Å²) in [6, 6.07) is 17.2. The molecule has 122 valence electrons. The minimum absolute atomic E-state index is 0.252. The van der Waals surface area contributed by atoms with Crippen molar-refractivity contribution in [3.63, 3.8) is 0 Å². The third-order valence-electron chi connectivity index (χ3n) is 3.69. The van der Waals surface area contributed by atoms with Crippen LogP contribution in [0.3, 0.4) is 0 Å². The molecule has 0 atom stereocenters. The van der Waals surface area contributed by atoms with Gasteiger partial charge in [-0.1, -0.05) is 48.5 Å². The van der Waals surface area contributed by atoms with Gasteiger partial charge < -0.3 is 14.5 Å². The molecule has 0 saturated carbocycles. The fourth-order valence-corrected chi connectivity index (χ4v) is 2.51. The maximum absolute atomic E-state index is 12.4. The Morgan fingerprint density at radius 2 is 1.88 bits per heavy atom. The Morgan fingerprint density at radius 3 is 2.67 bits per heavy atom. The smallest absolute Gasteiger partial charge is 0.273 e. The number of rotatable bonds is 6. The lowest BCUT2D eigenvalue weighted by molar-refractivity contribution is 0.0950. The first-order valence-electron chi connectivity index (χ1n) is 7.68. The first-order chi connectivity index (χ1) is 11.8. The van der Waals surface area contributed by atoms with Crippen LogP contribution in [0.2, 0.25) is 0 Å². The van der Waals surface area contributed by atoms with E-state index < -0.39 is 0 Å². The number of carbonyl (C=O) groups is 1. The van der Waals surface area contributed by atoms with E-state index in [4.69, 9.17) is 9.15 Å². The number of hydrogen-bond donors (Lipinski definition) is 1. The topological polar surface area (TPSA) is 64.4 Å². The minimum atomic E-state index is -0.252. The first kappa shape index (κ1) is 15.8. The van der Waals surface area contributed by atoms with E-state index in [0.29, 0.717) is 24.4 Å². The number of para-hydroxylation sites is 1. The second-order valence-electron chi connectivity index (χ2n) is 5.21. The van der Waals surface area contributed by atoms with Gasteiger partial charge in [0.1, 0.15) is 5.75 Å². The molecule has 3 rings (SSSR count). The van der Waals surface area contributed by atoms with Crippen LogP contribution in [0.5, 0.6) is 5.75 Å². The highest BCUT2D eigenvalue weighted by molar-refractivity contribution is 5.97. The molecule has 0 aliphatic rings. The summed E-state index contributed by atoms with van der Waals surface area (Å²) in [5.41, 5.74) is 2.16. The van der Waals surface area contributed by atoms with E-state index in [0.717, 1.165) is 16.9 Å². The molecule has 5 heteroatoms. The number of nitrogens with zero attached hydrogens (tertiary/aromatic N) is 1. The number of nitrogens with one attached hydrogen (secondary N) is 1. The van der Waals surface area contributed by atoms with Crippen LogP contribution in [0.1, 0.15) is 16.1 Å². The van der Waals surface area contributed by atoms with Crippen molar-refractivity contribution in [1.82, 2.24) is 10.3 Å². The molecule has 3 aromatic rings. The van der Waals surface area contributed by atoms with Gasteiger partial charge in [-0.2, -0.15) is 0 Å². The van der Waals surface area contributed by atoms with Crippen molar-refractivity contribution in [1.29, 1.82) is 0 Å².